The maximum atomic E-state index is 15.1. The number of amides is 3. The summed E-state index contributed by atoms with van der Waals surface area (Å²) in [4.78, 5) is 51.6. The molecular formula is C31H31F3N4O8S. The summed E-state index contributed by atoms with van der Waals surface area (Å²) in [7, 11) is -1.65. The summed E-state index contributed by atoms with van der Waals surface area (Å²) in [5, 5.41) is 5.07. The third-order valence-electron chi connectivity index (χ3n) is 7.76. The Balaban J connectivity index is 1.90. The molecule has 16 heteroatoms. The van der Waals surface area contributed by atoms with Crippen LogP contribution in [-0.2, 0) is 24.2 Å². The number of aldehydes is 1. The molecule has 3 aromatic carbocycles. The number of rotatable bonds is 11. The van der Waals surface area contributed by atoms with E-state index in [1.54, 1.807) is 0 Å². The first kappa shape index (κ1) is 34.7. The molecule has 4 N–H and O–H groups in total. The molecule has 0 spiro atoms. The van der Waals surface area contributed by atoms with Gasteiger partial charge in [0.25, 0.3) is 5.91 Å². The molecule has 0 unspecified atom stereocenters. The number of nitrogens with zero attached hydrogens (tertiary/aromatic N) is 1. The Morgan fingerprint density at radius 1 is 1.04 bits per heavy atom. The standard InChI is InChI=1S/C31H31F3N4O8S/c1-4-47(43,44)26-8-6-18(36-31(42)46-3)12-20(26)28-17(15-39)9-10-38(28)30(41)27(16-5-7-21(32)25(11-16)45-2)37-24-13-19(29(35)40)22(33)14-23(24)34/h5-8,11-15,17,27-28,37H,4,9-10H2,1-3H3,(H2,35,40)(H,36,42)/t17-,27-,28-/m1/s1. The number of carbonyl (C=O) groups excluding carboxylic acids is 4. The zero-order valence-corrected chi connectivity index (χ0v) is 26.2. The highest BCUT2D eigenvalue weighted by Crippen LogP contribution is 2.42. The fraction of sp³-hybridized carbons (Fsp3) is 0.290. The molecule has 0 saturated carbocycles. The zero-order chi connectivity index (χ0) is 34.6. The lowest BCUT2D eigenvalue weighted by atomic mass is 9.93. The van der Waals surface area contributed by atoms with Crippen LogP contribution in [0.25, 0.3) is 0 Å². The number of methoxy groups -OCH3 is 2. The number of benzene rings is 3. The van der Waals surface area contributed by atoms with Gasteiger partial charge in [0.2, 0.25) is 5.91 Å². The number of nitrogens with two attached hydrogens (primary N) is 1. The average molecular weight is 677 g/mol. The van der Waals surface area contributed by atoms with E-state index in [2.05, 4.69) is 15.4 Å². The van der Waals surface area contributed by atoms with Gasteiger partial charge in [-0.05, 0) is 53.9 Å². The van der Waals surface area contributed by atoms with Crippen LogP contribution >= 0.6 is 0 Å². The van der Waals surface area contributed by atoms with Crippen LogP contribution in [0.2, 0.25) is 0 Å². The Morgan fingerprint density at radius 2 is 1.77 bits per heavy atom. The number of likely N-dealkylation sites (tertiary alicyclic amines) is 1. The Bertz CT molecular complexity index is 1840. The van der Waals surface area contributed by atoms with Gasteiger partial charge in [0.15, 0.2) is 21.4 Å². The summed E-state index contributed by atoms with van der Waals surface area (Å²) >= 11 is 0. The molecule has 3 amide bonds. The summed E-state index contributed by atoms with van der Waals surface area (Å²) in [5.41, 5.74) is 4.21. The third-order valence-corrected chi connectivity index (χ3v) is 9.56. The first-order chi connectivity index (χ1) is 22.3. The summed E-state index contributed by atoms with van der Waals surface area (Å²) in [5.74, 6) is -6.80. The quantitative estimate of drug-likeness (QED) is 0.252. The Morgan fingerprint density at radius 3 is 2.38 bits per heavy atom. The van der Waals surface area contributed by atoms with Crippen LogP contribution in [0.1, 0.15) is 46.9 Å². The molecule has 3 aromatic rings. The first-order valence-corrected chi connectivity index (χ1v) is 15.8. The Hall–Kier alpha value is -5.12. The van der Waals surface area contributed by atoms with Crippen molar-refractivity contribution in [2.75, 3.05) is 37.2 Å². The van der Waals surface area contributed by atoms with Gasteiger partial charge in [-0.2, -0.15) is 0 Å². The normalized spacial score (nSPS) is 16.7. The van der Waals surface area contributed by atoms with Gasteiger partial charge in [0.1, 0.15) is 24.0 Å². The van der Waals surface area contributed by atoms with E-state index in [9.17, 15) is 36.4 Å². The minimum absolute atomic E-state index is 0.0168. The Kier molecular flexibility index (Phi) is 10.4. The van der Waals surface area contributed by atoms with Crippen molar-refractivity contribution in [3.05, 3.63) is 82.7 Å². The molecule has 0 bridgehead atoms. The van der Waals surface area contributed by atoms with E-state index < -0.39 is 74.4 Å². The number of ether oxygens (including phenoxy) is 2. The molecular weight excluding hydrogens is 645 g/mol. The van der Waals surface area contributed by atoms with Gasteiger partial charge in [-0.3, -0.25) is 14.9 Å². The molecule has 0 radical (unpaired) electrons. The molecule has 250 valence electrons. The molecule has 47 heavy (non-hydrogen) atoms. The monoisotopic (exact) mass is 676 g/mol. The first-order valence-electron chi connectivity index (χ1n) is 14.1. The number of primary amides is 1. The van der Waals surface area contributed by atoms with Gasteiger partial charge in [0, 0.05) is 24.2 Å². The molecule has 3 atom stereocenters. The van der Waals surface area contributed by atoms with Crippen molar-refractivity contribution in [1.29, 1.82) is 0 Å². The third kappa shape index (κ3) is 7.16. The van der Waals surface area contributed by atoms with Gasteiger partial charge in [-0.15, -0.1) is 0 Å². The van der Waals surface area contributed by atoms with E-state index in [1.807, 2.05) is 0 Å². The predicted octanol–water partition coefficient (Wildman–Crippen LogP) is 4.13. The number of nitrogens with one attached hydrogen (secondary N) is 2. The molecule has 1 heterocycles. The van der Waals surface area contributed by atoms with Crippen molar-refractivity contribution < 1.29 is 50.2 Å². The highest BCUT2D eigenvalue weighted by Gasteiger charge is 2.43. The van der Waals surface area contributed by atoms with Crippen LogP contribution < -0.4 is 21.1 Å². The van der Waals surface area contributed by atoms with Gasteiger partial charge >= 0.3 is 6.09 Å². The van der Waals surface area contributed by atoms with Crippen molar-refractivity contribution >= 4 is 45.4 Å². The van der Waals surface area contributed by atoms with Gasteiger partial charge in [-0.25, -0.2) is 26.4 Å². The van der Waals surface area contributed by atoms with Crippen LogP contribution in [-0.4, -0.2) is 64.0 Å². The van der Waals surface area contributed by atoms with Crippen LogP contribution in [0.15, 0.2) is 53.4 Å². The fourth-order valence-corrected chi connectivity index (χ4v) is 6.51. The van der Waals surface area contributed by atoms with Crippen LogP contribution in [0.4, 0.5) is 29.3 Å². The molecule has 12 nitrogen and oxygen atoms in total. The molecule has 1 fully saturated rings. The molecule has 4 rings (SSSR count). The molecule has 1 aliphatic heterocycles. The van der Waals surface area contributed by atoms with Crippen LogP contribution in [0.5, 0.6) is 5.75 Å². The summed E-state index contributed by atoms with van der Waals surface area (Å²) in [6.45, 7) is 1.33. The second-order valence-corrected chi connectivity index (χ2v) is 12.7. The number of hydrogen-bond donors (Lipinski definition) is 3. The molecule has 0 aromatic heterocycles. The van der Waals surface area contributed by atoms with E-state index in [0.717, 1.165) is 25.3 Å². The number of halogens is 3. The summed E-state index contributed by atoms with van der Waals surface area (Å²) in [6, 6.07) is 5.63. The second-order valence-electron chi connectivity index (χ2n) is 10.5. The minimum atomic E-state index is -3.96. The fourth-order valence-electron chi connectivity index (χ4n) is 5.38. The largest absolute Gasteiger partial charge is 0.494 e. The highest BCUT2D eigenvalue weighted by molar-refractivity contribution is 7.91. The van der Waals surface area contributed by atoms with E-state index >= 15 is 4.39 Å². The lowest BCUT2D eigenvalue weighted by Crippen LogP contribution is -2.39. The maximum Gasteiger partial charge on any atom is 0.411 e. The lowest BCUT2D eigenvalue weighted by Gasteiger charge is -2.32. The maximum absolute atomic E-state index is 15.1. The number of sulfone groups is 1. The second kappa shape index (κ2) is 14.1. The Labute approximate surface area is 267 Å². The van der Waals surface area contributed by atoms with Gasteiger partial charge < -0.3 is 30.2 Å². The van der Waals surface area contributed by atoms with E-state index in [1.165, 1.54) is 43.2 Å². The van der Waals surface area contributed by atoms with Gasteiger partial charge in [0.05, 0.1) is 42.2 Å². The van der Waals surface area contributed by atoms with E-state index in [-0.39, 0.29) is 46.2 Å². The molecule has 1 aliphatic rings. The van der Waals surface area contributed by atoms with E-state index in [4.69, 9.17) is 10.5 Å². The smallest absolute Gasteiger partial charge is 0.411 e. The van der Waals surface area contributed by atoms with Crippen molar-refractivity contribution in [3.8, 4) is 5.75 Å². The van der Waals surface area contributed by atoms with Crippen LogP contribution in [0.3, 0.4) is 0 Å². The predicted molar refractivity (Wildman–Crippen MR) is 163 cm³/mol. The number of anilines is 2. The molecule has 0 aliphatic carbocycles. The van der Waals surface area contributed by atoms with Crippen molar-refractivity contribution in [2.24, 2.45) is 11.7 Å². The van der Waals surface area contributed by atoms with Crippen LogP contribution in [0, 0.1) is 23.4 Å². The van der Waals surface area contributed by atoms with Gasteiger partial charge in [-0.1, -0.05) is 13.0 Å². The van der Waals surface area contributed by atoms with Crippen molar-refractivity contribution in [3.63, 3.8) is 0 Å². The lowest BCUT2D eigenvalue weighted by molar-refractivity contribution is -0.133. The summed E-state index contributed by atoms with van der Waals surface area (Å²) in [6.07, 6.45) is -0.196. The average Bonchev–Trinajstić information content (AvgIpc) is 3.48. The van der Waals surface area contributed by atoms with E-state index in [0.29, 0.717) is 12.4 Å². The van der Waals surface area contributed by atoms with Crippen molar-refractivity contribution in [2.45, 2.75) is 30.3 Å². The number of carbonyl (C=O) groups is 4. The number of hydrogen-bond acceptors (Lipinski definition) is 9. The summed E-state index contributed by atoms with van der Waals surface area (Å²) < 4.78 is 79.9. The SMILES string of the molecule is CCS(=O)(=O)c1ccc(NC(=O)OC)cc1[C@H]1[C@@H](C=O)CCN1C(=O)[C@H](Nc1cc(C(N)=O)c(F)cc1F)c1ccc(F)c(OC)c1. The topological polar surface area (TPSA) is 174 Å². The van der Waals surface area contributed by atoms with Crippen molar-refractivity contribution in [1.82, 2.24) is 4.90 Å². The minimum Gasteiger partial charge on any atom is -0.494 e. The highest BCUT2D eigenvalue weighted by atomic mass is 32.2. The zero-order valence-electron chi connectivity index (χ0n) is 25.4. The molecule has 1 saturated heterocycles.